The molecule has 4 fully saturated rings. The van der Waals surface area contributed by atoms with Gasteiger partial charge in [0.05, 0.1) is 0 Å². The van der Waals surface area contributed by atoms with E-state index >= 15 is 0 Å². The second-order valence-corrected chi connectivity index (χ2v) is 16.6. The van der Waals surface area contributed by atoms with Crippen molar-refractivity contribution in [3.63, 3.8) is 0 Å². The van der Waals surface area contributed by atoms with Gasteiger partial charge >= 0.3 is 12.2 Å². The number of carbonyl (C=O) groups is 2. The molecule has 2 amide bonds. The Balaban J connectivity index is 1.53. The number of urea groups is 1. The molecular formula is C34H53F3N2O2. The smallest absolute Gasteiger partial charge is 0.335 e. The summed E-state index contributed by atoms with van der Waals surface area (Å²) in [6.07, 6.45) is 4.26. The van der Waals surface area contributed by atoms with Crippen LogP contribution in [0.25, 0.3) is 0 Å². The Morgan fingerprint density at radius 2 is 1.51 bits per heavy atom. The lowest BCUT2D eigenvalue weighted by Gasteiger charge is -2.72. The van der Waals surface area contributed by atoms with Gasteiger partial charge in [0.2, 0.25) is 0 Å². The van der Waals surface area contributed by atoms with Crippen LogP contribution < -0.4 is 10.6 Å². The maximum Gasteiger partial charge on any atom is 0.408 e. The summed E-state index contributed by atoms with van der Waals surface area (Å²) in [4.78, 5) is 26.4. The molecule has 41 heavy (non-hydrogen) atoms. The van der Waals surface area contributed by atoms with Gasteiger partial charge in [0.15, 0.2) is 5.78 Å². The van der Waals surface area contributed by atoms with Gasteiger partial charge in [0, 0.05) is 12.5 Å². The van der Waals surface area contributed by atoms with Crippen LogP contribution in [0.1, 0.15) is 120 Å². The number of Topliss-reactive ketones (excluding diaryl/α,β-unsaturated/α-hetero) is 1. The average molecular weight is 579 g/mol. The zero-order valence-electron chi connectivity index (χ0n) is 26.8. The minimum Gasteiger partial charge on any atom is -0.335 e. The van der Waals surface area contributed by atoms with Gasteiger partial charge in [-0.2, -0.15) is 13.2 Å². The number of halogens is 3. The standard InChI is InChI=1S/C34H53F3N2O2/c1-19(2)26-22(40)18-30(6)16-17-31(7)21(27(26)30)10-11-24-32(31,8)15-12-23-29(4,5)14-13-25(33(23,24)9)39-28(41)38-20(3)34(35,36)37/h19-21,23-25H,10-18H2,1-9H3,(H2,38,39,41)/t20-,21+,23-,24-,25?,30-,31+,32+,33-/m0/s1. The topological polar surface area (TPSA) is 58.2 Å². The number of carbonyl (C=O) groups excluding carboxylic acids is 2. The molecule has 2 N–H and O–H groups in total. The quantitative estimate of drug-likeness (QED) is 0.352. The number of hydrogen-bond donors (Lipinski definition) is 2. The molecule has 0 aliphatic heterocycles. The summed E-state index contributed by atoms with van der Waals surface area (Å²) in [6.45, 7) is 19.7. The first-order chi connectivity index (χ1) is 18.7. The molecule has 4 saturated carbocycles. The Hall–Kier alpha value is -1.53. The van der Waals surface area contributed by atoms with Crippen molar-refractivity contribution in [2.75, 3.05) is 0 Å². The number of hydrogen-bond acceptors (Lipinski definition) is 2. The fraction of sp³-hybridized carbons (Fsp3) is 0.882. The Bertz CT molecular complexity index is 1140. The van der Waals surface area contributed by atoms with E-state index in [0.717, 1.165) is 63.9 Å². The summed E-state index contributed by atoms with van der Waals surface area (Å²) in [5.74, 6) is 1.67. The first-order valence-electron chi connectivity index (χ1n) is 16.1. The van der Waals surface area contributed by atoms with Crippen LogP contribution >= 0.6 is 0 Å². The molecule has 0 bridgehead atoms. The van der Waals surface area contributed by atoms with Crippen molar-refractivity contribution in [3.8, 4) is 0 Å². The van der Waals surface area contributed by atoms with Crippen LogP contribution in [0.4, 0.5) is 18.0 Å². The van der Waals surface area contributed by atoms with Gasteiger partial charge in [0.1, 0.15) is 6.04 Å². The largest absolute Gasteiger partial charge is 0.408 e. The fourth-order valence-corrected chi connectivity index (χ4v) is 11.6. The third-order valence-corrected chi connectivity index (χ3v) is 13.9. The number of nitrogens with one attached hydrogen (secondary N) is 2. The Labute approximate surface area is 245 Å². The summed E-state index contributed by atoms with van der Waals surface area (Å²) in [5.41, 5.74) is 2.42. The van der Waals surface area contributed by atoms with Gasteiger partial charge in [0.25, 0.3) is 0 Å². The van der Waals surface area contributed by atoms with Crippen molar-refractivity contribution in [3.05, 3.63) is 11.1 Å². The molecule has 4 nitrogen and oxygen atoms in total. The third kappa shape index (κ3) is 4.35. The first kappa shape index (κ1) is 30.9. The molecule has 0 aromatic heterocycles. The highest BCUT2D eigenvalue weighted by Crippen LogP contribution is 2.76. The van der Waals surface area contributed by atoms with Crippen LogP contribution in [0.3, 0.4) is 0 Å². The highest BCUT2D eigenvalue weighted by atomic mass is 19.4. The number of alkyl halides is 3. The predicted molar refractivity (Wildman–Crippen MR) is 156 cm³/mol. The van der Waals surface area contributed by atoms with Crippen molar-refractivity contribution >= 4 is 11.8 Å². The Morgan fingerprint density at radius 1 is 0.854 bits per heavy atom. The van der Waals surface area contributed by atoms with Crippen molar-refractivity contribution in [1.82, 2.24) is 10.6 Å². The fourth-order valence-electron chi connectivity index (χ4n) is 11.6. The van der Waals surface area contributed by atoms with Crippen LogP contribution in [0.15, 0.2) is 11.1 Å². The zero-order valence-corrected chi connectivity index (χ0v) is 26.8. The van der Waals surface area contributed by atoms with Crippen molar-refractivity contribution in [2.45, 2.75) is 138 Å². The lowest BCUT2D eigenvalue weighted by molar-refractivity contribution is -0.219. The molecule has 5 rings (SSSR count). The SMILES string of the molecule is CC(C)C1=C2[C@H]3CC[C@@H]4[C@@]5(C)C(NC(=O)N[C@@H](C)C(F)(F)F)CCC(C)(C)[C@@H]5CC[C@@]4(C)[C@]3(C)CC[C@@]2(C)CC1=O. The highest BCUT2D eigenvalue weighted by molar-refractivity contribution is 6.00. The normalized spacial score (nSPS) is 44.5. The lowest BCUT2D eigenvalue weighted by Crippen LogP contribution is -2.69. The van der Waals surface area contributed by atoms with E-state index in [2.05, 4.69) is 66.0 Å². The van der Waals surface area contributed by atoms with Crippen LogP contribution in [0, 0.1) is 50.7 Å². The molecule has 0 radical (unpaired) electrons. The zero-order chi connectivity index (χ0) is 30.6. The predicted octanol–water partition coefficient (Wildman–Crippen LogP) is 8.61. The van der Waals surface area contributed by atoms with E-state index < -0.39 is 18.2 Å². The van der Waals surface area contributed by atoms with Gasteiger partial charge in [-0.15, -0.1) is 0 Å². The van der Waals surface area contributed by atoms with Crippen LogP contribution in [-0.2, 0) is 4.79 Å². The van der Waals surface area contributed by atoms with Gasteiger partial charge in [-0.3, -0.25) is 4.79 Å². The average Bonchev–Trinajstić information content (AvgIpc) is 3.11. The molecule has 0 saturated heterocycles. The van der Waals surface area contributed by atoms with E-state index in [-0.39, 0.29) is 39.0 Å². The van der Waals surface area contributed by atoms with Gasteiger partial charge < -0.3 is 10.6 Å². The van der Waals surface area contributed by atoms with Crippen molar-refractivity contribution in [1.29, 1.82) is 0 Å². The van der Waals surface area contributed by atoms with E-state index in [1.54, 1.807) is 0 Å². The van der Waals surface area contributed by atoms with Gasteiger partial charge in [-0.05, 0) is 115 Å². The molecule has 7 heteroatoms. The second kappa shape index (κ2) is 9.48. The van der Waals surface area contributed by atoms with Gasteiger partial charge in [-0.25, -0.2) is 4.79 Å². The van der Waals surface area contributed by atoms with Gasteiger partial charge in [-0.1, -0.05) is 61.0 Å². The Morgan fingerprint density at radius 3 is 2.12 bits per heavy atom. The maximum absolute atomic E-state index is 13.3. The van der Waals surface area contributed by atoms with E-state index in [0.29, 0.717) is 30.0 Å². The Kier molecular flexibility index (Phi) is 7.15. The molecule has 0 aromatic rings. The second-order valence-electron chi connectivity index (χ2n) is 16.6. The van der Waals surface area contributed by atoms with Crippen molar-refractivity contribution in [2.24, 2.45) is 50.7 Å². The minimum absolute atomic E-state index is 0.00626. The van der Waals surface area contributed by atoms with Crippen molar-refractivity contribution < 1.29 is 22.8 Å². The highest BCUT2D eigenvalue weighted by Gasteiger charge is 2.70. The lowest BCUT2D eigenvalue weighted by atomic mass is 9.32. The number of rotatable bonds is 3. The number of allylic oxidation sites excluding steroid dienone is 2. The molecular weight excluding hydrogens is 525 g/mol. The molecule has 9 atom stereocenters. The van der Waals surface area contributed by atoms with E-state index in [1.165, 1.54) is 5.57 Å². The van der Waals surface area contributed by atoms with E-state index in [9.17, 15) is 22.8 Å². The van der Waals surface area contributed by atoms with Crippen LogP contribution in [-0.4, -0.2) is 30.1 Å². The summed E-state index contributed by atoms with van der Waals surface area (Å²) < 4.78 is 39.8. The molecule has 0 heterocycles. The first-order valence-corrected chi connectivity index (χ1v) is 16.1. The van der Waals surface area contributed by atoms with Crippen LogP contribution in [0.2, 0.25) is 0 Å². The molecule has 5 aliphatic rings. The number of ketones is 1. The van der Waals surface area contributed by atoms with E-state index in [4.69, 9.17) is 0 Å². The monoisotopic (exact) mass is 578 g/mol. The van der Waals surface area contributed by atoms with Crippen LogP contribution in [0.5, 0.6) is 0 Å². The third-order valence-electron chi connectivity index (χ3n) is 13.9. The minimum atomic E-state index is -4.48. The summed E-state index contributed by atoms with van der Waals surface area (Å²) in [7, 11) is 0. The number of amides is 2. The van der Waals surface area contributed by atoms with E-state index in [1.807, 2.05) is 0 Å². The summed E-state index contributed by atoms with van der Waals surface area (Å²) in [5, 5.41) is 5.27. The maximum atomic E-state index is 13.3. The summed E-state index contributed by atoms with van der Waals surface area (Å²) >= 11 is 0. The molecule has 0 aromatic carbocycles. The molecule has 1 unspecified atom stereocenters. The molecule has 5 aliphatic carbocycles. The molecule has 232 valence electrons. The summed E-state index contributed by atoms with van der Waals surface area (Å²) in [6, 6.07) is -2.79. The number of fused-ring (bicyclic) bond motifs is 7. The molecule has 0 spiro atoms.